The van der Waals surface area contributed by atoms with Crippen molar-refractivity contribution in [2.24, 2.45) is 0 Å². The molecule has 0 atom stereocenters. The fraction of sp³-hybridized carbons (Fsp3) is 0.0571. The summed E-state index contributed by atoms with van der Waals surface area (Å²) in [4.78, 5) is 14.5. The van der Waals surface area contributed by atoms with E-state index in [1.807, 2.05) is 29.1 Å². The van der Waals surface area contributed by atoms with Crippen LogP contribution in [-0.4, -0.2) is 28.7 Å². The lowest BCUT2D eigenvalue weighted by molar-refractivity contribution is 0.950. The highest BCUT2D eigenvalue weighted by Crippen LogP contribution is 2.42. The van der Waals surface area contributed by atoms with E-state index in [9.17, 15) is 0 Å². The van der Waals surface area contributed by atoms with E-state index in [1.54, 1.807) is 6.33 Å². The van der Waals surface area contributed by atoms with Gasteiger partial charge in [0.05, 0.1) is 22.2 Å². The van der Waals surface area contributed by atoms with Crippen LogP contribution in [-0.2, 0) is 6.42 Å². The summed E-state index contributed by atoms with van der Waals surface area (Å²) in [6.45, 7) is 0. The van der Waals surface area contributed by atoms with Gasteiger partial charge in [-0.05, 0) is 54.8 Å². The zero-order valence-corrected chi connectivity index (χ0v) is 22.1. The Labute approximate surface area is 235 Å². The number of benzene rings is 4. The Morgan fingerprint density at radius 1 is 0.610 bits per heavy atom. The van der Waals surface area contributed by atoms with E-state index in [-0.39, 0.29) is 0 Å². The van der Waals surface area contributed by atoms with Crippen LogP contribution < -0.4 is 0 Å². The van der Waals surface area contributed by atoms with Crippen molar-refractivity contribution in [3.8, 4) is 17.2 Å². The van der Waals surface area contributed by atoms with Crippen LogP contribution in [0, 0.1) is 0 Å². The summed E-state index contributed by atoms with van der Waals surface area (Å²) in [5, 5.41) is 3.71. The van der Waals surface area contributed by atoms with E-state index >= 15 is 0 Å². The van der Waals surface area contributed by atoms with Gasteiger partial charge in [-0.3, -0.25) is 9.13 Å². The van der Waals surface area contributed by atoms with Gasteiger partial charge in [0.25, 0.3) is 0 Å². The maximum atomic E-state index is 4.91. The zero-order valence-electron chi connectivity index (χ0n) is 22.1. The lowest BCUT2D eigenvalue weighted by atomic mass is 10.00. The van der Waals surface area contributed by atoms with Crippen LogP contribution in [0.4, 0.5) is 0 Å². The van der Waals surface area contributed by atoms with Crippen molar-refractivity contribution in [1.82, 2.24) is 28.7 Å². The first-order chi connectivity index (χ1) is 20.4. The molecule has 0 N–H and O–H groups in total. The first kappa shape index (κ1) is 22.3. The highest BCUT2D eigenvalue weighted by molar-refractivity contribution is 6.19. The zero-order chi connectivity index (χ0) is 26.9. The predicted molar refractivity (Wildman–Crippen MR) is 165 cm³/mol. The Hall–Kier alpha value is -5.49. The van der Waals surface area contributed by atoms with E-state index in [4.69, 9.17) is 15.0 Å². The van der Waals surface area contributed by atoms with Crippen LogP contribution in [0.15, 0.2) is 116 Å². The quantitative estimate of drug-likeness (QED) is 0.235. The lowest BCUT2D eigenvalue weighted by Crippen LogP contribution is -2.05. The normalized spacial score (nSPS) is 13.1. The summed E-state index contributed by atoms with van der Waals surface area (Å²) >= 11 is 0. The molecule has 0 amide bonds. The van der Waals surface area contributed by atoms with Crippen molar-refractivity contribution in [2.75, 3.05) is 0 Å². The average molecular weight is 529 g/mol. The van der Waals surface area contributed by atoms with Gasteiger partial charge in [-0.15, -0.1) is 0 Å². The third-order valence-corrected chi connectivity index (χ3v) is 8.32. The second-order valence-electron chi connectivity index (χ2n) is 10.5. The van der Waals surface area contributed by atoms with Crippen LogP contribution in [0.2, 0.25) is 0 Å². The third-order valence-electron chi connectivity index (χ3n) is 8.32. The van der Waals surface area contributed by atoms with Gasteiger partial charge in [0, 0.05) is 27.5 Å². The SMILES string of the molecule is C1=Cc2c(c3ccc4c5ccccc5n(-c5ccccc5)c4c3n2-c2ncnc3c2ncn3-c2ccccc2)CC1. The van der Waals surface area contributed by atoms with Gasteiger partial charge in [-0.25, -0.2) is 15.0 Å². The Kier molecular flexibility index (Phi) is 4.63. The molecule has 8 aromatic rings. The van der Waals surface area contributed by atoms with Gasteiger partial charge in [0.2, 0.25) is 0 Å². The highest BCUT2D eigenvalue weighted by atomic mass is 15.2. The molecule has 0 fully saturated rings. The molecule has 4 heterocycles. The monoisotopic (exact) mass is 528 g/mol. The van der Waals surface area contributed by atoms with Crippen molar-refractivity contribution >= 4 is 49.9 Å². The van der Waals surface area contributed by atoms with E-state index in [0.29, 0.717) is 0 Å². The predicted octanol–water partition coefficient (Wildman–Crippen LogP) is 7.82. The van der Waals surface area contributed by atoms with Gasteiger partial charge in [0.15, 0.2) is 17.0 Å². The molecule has 0 saturated carbocycles. The molecule has 194 valence electrons. The van der Waals surface area contributed by atoms with Crippen LogP contribution in [0.25, 0.3) is 67.1 Å². The summed E-state index contributed by atoms with van der Waals surface area (Å²) in [5.74, 6) is 0.792. The highest BCUT2D eigenvalue weighted by Gasteiger charge is 2.26. The Morgan fingerprint density at radius 2 is 1.34 bits per heavy atom. The number of allylic oxidation sites excluding steroid dienone is 1. The molecule has 4 aromatic heterocycles. The minimum atomic E-state index is 0.773. The van der Waals surface area contributed by atoms with Crippen molar-refractivity contribution in [3.05, 3.63) is 127 Å². The molecule has 41 heavy (non-hydrogen) atoms. The van der Waals surface area contributed by atoms with Crippen molar-refractivity contribution in [2.45, 2.75) is 12.8 Å². The van der Waals surface area contributed by atoms with Gasteiger partial charge in [-0.1, -0.05) is 72.8 Å². The van der Waals surface area contributed by atoms with E-state index in [2.05, 4.69) is 100 Å². The fourth-order valence-electron chi connectivity index (χ4n) is 6.59. The van der Waals surface area contributed by atoms with Crippen LogP contribution >= 0.6 is 0 Å². The molecule has 6 heteroatoms. The summed E-state index contributed by atoms with van der Waals surface area (Å²) < 4.78 is 6.76. The number of hydrogen-bond acceptors (Lipinski definition) is 3. The molecule has 0 radical (unpaired) electrons. The van der Waals surface area contributed by atoms with Crippen LogP contribution in [0.1, 0.15) is 17.7 Å². The first-order valence-corrected chi connectivity index (χ1v) is 13.9. The molecule has 1 aliphatic carbocycles. The van der Waals surface area contributed by atoms with E-state index in [0.717, 1.165) is 52.4 Å². The van der Waals surface area contributed by atoms with Crippen LogP contribution in [0.5, 0.6) is 0 Å². The van der Waals surface area contributed by atoms with Crippen molar-refractivity contribution in [1.29, 1.82) is 0 Å². The average Bonchev–Trinajstić information content (AvgIpc) is 3.72. The molecular formula is C35H24N6. The van der Waals surface area contributed by atoms with Crippen LogP contribution in [0.3, 0.4) is 0 Å². The second-order valence-corrected chi connectivity index (χ2v) is 10.5. The number of hydrogen-bond donors (Lipinski definition) is 0. The molecule has 0 bridgehead atoms. The smallest absolute Gasteiger partial charge is 0.170 e. The molecule has 0 spiro atoms. The van der Waals surface area contributed by atoms with Gasteiger partial charge < -0.3 is 4.57 Å². The summed E-state index contributed by atoms with van der Waals surface area (Å²) in [6, 6.07) is 34.1. The van der Waals surface area contributed by atoms with Gasteiger partial charge in [0.1, 0.15) is 12.7 Å². The minimum Gasteiger partial charge on any atom is -0.307 e. The number of rotatable bonds is 3. The molecule has 0 saturated heterocycles. The number of aromatic nitrogens is 6. The first-order valence-electron chi connectivity index (χ1n) is 13.9. The van der Waals surface area contributed by atoms with E-state index < -0.39 is 0 Å². The molecule has 6 nitrogen and oxygen atoms in total. The number of fused-ring (bicyclic) bond motifs is 8. The van der Waals surface area contributed by atoms with Gasteiger partial charge in [-0.2, -0.15) is 0 Å². The topological polar surface area (TPSA) is 53.5 Å². The number of aryl methyl sites for hydroxylation is 1. The summed E-state index contributed by atoms with van der Waals surface area (Å²) in [7, 11) is 0. The van der Waals surface area contributed by atoms with E-state index in [1.165, 1.54) is 32.8 Å². The Balaban J connectivity index is 1.47. The maximum absolute atomic E-state index is 4.91. The largest absolute Gasteiger partial charge is 0.307 e. The molecule has 0 unspecified atom stereocenters. The summed E-state index contributed by atoms with van der Waals surface area (Å²) in [5.41, 5.74) is 9.73. The molecule has 4 aromatic carbocycles. The number of imidazole rings is 1. The molecular weight excluding hydrogens is 504 g/mol. The molecule has 1 aliphatic rings. The van der Waals surface area contributed by atoms with Gasteiger partial charge >= 0.3 is 0 Å². The lowest BCUT2D eigenvalue weighted by Gasteiger charge is -2.13. The molecule has 9 rings (SSSR count). The Morgan fingerprint density at radius 3 is 2.20 bits per heavy atom. The summed E-state index contributed by atoms with van der Waals surface area (Å²) in [6.07, 6.45) is 10.0. The fourth-order valence-corrected chi connectivity index (χ4v) is 6.59. The number of nitrogens with zero attached hydrogens (tertiary/aromatic N) is 6. The van der Waals surface area contributed by atoms with Crippen molar-refractivity contribution in [3.63, 3.8) is 0 Å². The maximum Gasteiger partial charge on any atom is 0.170 e. The standard InChI is InChI=1S/C35H24N6/c1-3-11-23(12-4-1)39-22-38-31-34(39)36-21-37-35(31)41-30-18-10-8-16-26(30)28-20-19-27-25-15-7-9-17-29(25)40(32(27)33(28)41)24-13-5-2-6-14-24/h1-7,9-15,17-22H,8,16H2. The third kappa shape index (κ3) is 3.10. The van der Waals surface area contributed by atoms with Crippen molar-refractivity contribution < 1.29 is 0 Å². The second kappa shape index (κ2) is 8.50. The molecule has 0 aliphatic heterocycles. The minimum absolute atomic E-state index is 0.773. The Bertz CT molecular complexity index is 2300. The number of para-hydroxylation sites is 3.